The third-order valence-corrected chi connectivity index (χ3v) is 6.83. The summed E-state index contributed by atoms with van der Waals surface area (Å²) < 4.78 is 5.34. The molecular formula is C23H21N3O5S. The number of benzene rings is 1. The van der Waals surface area contributed by atoms with E-state index in [2.05, 4.69) is 11.4 Å². The number of carbonyl (C=O) groups excluding carboxylic acids is 4. The molecule has 0 unspecified atom stereocenters. The summed E-state index contributed by atoms with van der Waals surface area (Å²) in [5, 5.41) is 12.8. The highest BCUT2D eigenvalue weighted by molar-refractivity contribution is 7.16. The molecule has 9 heteroatoms. The van der Waals surface area contributed by atoms with E-state index in [-0.39, 0.29) is 12.0 Å². The second kappa shape index (κ2) is 8.93. The van der Waals surface area contributed by atoms with Crippen LogP contribution in [0.25, 0.3) is 0 Å². The average molecular weight is 452 g/mol. The number of anilines is 2. The third-order valence-electron chi connectivity index (χ3n) is 5.62. The van der Waals surface area contributed by atoms with Crippen molar-refractivity contribution in [1.29, 1.82) is 5.26 Å². The lowest BCUT2D eigenvalue weighted by Crippen LogP contribution is -2.39. The molecule has 1 atom stereocenters. The number of rotatable bonds is 6. The Morgan fingerprint density at radius 2 is 2.00 bits per heavy atom. The van der Waals surface area contributed by atoms with E-state index in [0.717, 1.165) is 41.0 Å². The molecule has 8 nitrogen and oxygen atoms in total. The van der Waals surface area contributed by atoms with Crippen molar-refractivity contribution in [2.45, 2.75) is 45.1 Å². The summed E-state index contributed by atoms with van der Waals surface area (Å²) in [7, 11) is 0. The predicted octanol–water partition coefficient (Wildman–Crippen LogP) is 2.99. The molecule has 0 saturated heterocycles. The lowest BCUT2D eigenvalue weighted by molar-refractivity contribution is -0.153. The maximum Gasteiger partial charge on any atom is 0.326 e. The number of para-hydroxylation sites is 1. The van der Waals surface area contributed by atoms with E-state index in [4.69, 9.17) is 4.74 Å². The number of aryl methyl sites for hydroxylation is 1. The Morgan fingerprint density at radius 3 is 2.75 bits per heavy atom. The van der Waals surface area contributed by atoms with Crippen molar-refractivity contribution in [3.05, 3.63) is 45.8 Å². The van der Waals surface area contributed by atoms with Crippen LogP contribution in [0.5, 0.6) is 0 Å². The van der Waals surface area contributed by atoms with E-state index >= 15 is 0 Å². The number of amides is 2. The van der Waals surface area contributed by atoms with E-state index in [1.807, 2.05) is 0 Å². The molecule has 2 amide bonds. The summed E-state index contributed by atoms with van der Waals surface area (Å²) in [6, 6.07) is 8.60. The molecule has 1 aromatic carbocycles. The van der Waals surface area contributed by atoms with Crippen LogP contribution in [-0.4, -0.2) is 36.2 Å². The highest BCUT2D eigenvalue weighted by Crippen LogP contribution is 2.37. The number of carbonyl (C=O) groups is 4. The van der Waals surface area contributed by atoms with Crippen molar-refractivity contribution in [3.63, 3.8) is 0 Å². The zero-order chi connectivity index (χ0) is 22.8. The number of hydrogen-bond donors (Lipinski definition) is 1. The number of Topliss-reactive ketones (excluding diaryl/α,β-unsaturated/α-hetero) is 1. The number of hydrogen-bond acceptors (Lipinski definition) is 7. The van der Waals surface area contributed by atoms with Crippen LogP contribution in [0.4, 0.5) is 10.7 Å². The van der Waals surface area contributed by atoms with Gasteiger partial charge in [-0.25, -0.2) is 0 Å². The summed E-state index contributed by atoms with van der Waals surface area (Å²) in [6.07, 6.45) is 2.91. The summed E-state index contributed by atoms with van der Waals surface area (Å²) >= 11 is 1.40. The van der Waals surface area contributed by atoms with E-state index in [9.17, 15) is 24.4 Å². The van der Waals surface area contributed by atoms with Crippen molar-refractivity contribution in [2.24, 2.45) is 0 Å². The van der Waals surface area contributed by atoms with E-state index in [1.165, 1.54) is 17.4 Å². The maximum atomic E-state index is 12.8. The Hall–Kier alpha value is -3.51. The minimum Gasteiger partial charge on any atom is -0.451 e. The first kappa shape index (κ1) is 21.7. The number of esters is 1. The standard InChI is InChI=1S/C23H21N3O5S/c1-2-17(21(29)25-22-15(11-24)13-7-4-6-10-18(13)32-22)31-19(27)12-26-16-9-5-3-8-14(16)20(28)23(26)30/h3,5,8-9,17H,2,4,6-7,10,12H2,1H3,(H,25,29)/t17-/m0/s1. The zero-order valence-corrected chi connectivity index (χ0v) is 18.3. The van der Waals surface area contributed by atoms with Gasteiger partial charge in [0.15, 0.2) is 6.10 Å². The largest absolute Gasteiger partial charge is 0.451 e. The Bertz CT molecular complexity index is 1160. The first-order valence-electron chi connectivity index (χ1n) is 10.4. The molecule has 2 aromatic rings. The molecule has 0 spiro atoms. The first-order chi connectivity index (χ1) is 15.4. The van der Waals surface area contributed by atoms with Crippen LogP contribution >= 0.6 is 11.3 Å². The topological polar surface area (TPSA) is 117 Å². The van der Waals surface area contributed by atoms with Crippen LogP contribution in [0.15, 0.2) is 24.3 Å². The molecule has 164 valence electrons. The average Bonchev–Trinajstić information content (AvgIpc) is 3.27. The van der Waals surface area contributed by atoms with Gasteiger partial charge in [0, 0.05) is 4.88 Å². The van der Waals surface area contributed by atoms with Gasteiger partial charge in [0.25, 0.3) is 17.6 Å². The normalized spacial score (nSPS) is 15.6. The lowest BCUT2D eigenvalue weighted by Gasteiger charge is -2.19. The zero-order valence-electron chi connectivity index (χ0n) is 17.5. The molecular weight excluding hydrogens is 430 g/mol. The number of nitrogens with one attached hydrogen (secondary N) is 1. The highest BCUT2D eigenvalue weighted by Gasteiger charge is 2.37. The fraction of sp³-hybridized carbons (Fsp3) is 0.348. The number of nitriles is 1. The van der Waals surface area contributed by atoms with Crippen molar-refractivity contribution < 1.29 is 23.9 Å². The summed E-state index contributed by atoms with van der Waals surface area (Å²) in [5.74, 6) is -2.80. The molecule has 0 bridgehead atoms. The minimum absolute atomic E-state index is 0.216. The van der Waals surface area contributed by atoms with Crippen LogP contribution in [-0.2, 0) is 32.0 Å². The van der Waals surface area contributed by atoms with Gasteiger partial charge in [-0.2, -0.15) is 5.26 Å². The molecule has 0 radical (unpaired) electrons. The summed E-state index contributed by atoms with van der Waals surface area (Å²) in [6.45, 7) is 1.23. The minimum atomic E-state index is -1.09. The van der Waals surface area contributed by atoms with Crippen LogP contribution in [0, 0.1) is 11.3 Å². The Morgan fingerprint density at radius 1 is 1.25 bits per heavy atom. The molecule has 1 aliphatic heterocycles. The molecule has 2 heterocycles. The van der Waals surface area contributed by atoms with Gasteiger partial charge in [0.1, 0.15) is 17.6 Å². The summed E-state index contributed by atoms with van der Waals surface area (Å²) in [5.41, 5.74) is 2.07. The molecule has 1 aliphatic carbocycles. The monoisotopic (exact) mass is 451 g/mol. The highest BCUT2D eigenvalue weighted by atomic mass is 32.1. The van der Waals surface area contributed by atoms with Gasteiger partial charge in [0.05, 0.1) is 16.8 Å². The van der Waals surface area contributed by atoms with E-state index in [0.29, 0.717) is 16.3 Å². The predicted molar refractivity (Wildman–Crippen MR) is 118 cm³/mol. The van der Waals surface area contributed by atoms with Gasteiger partial charge in [-0.1, -0.05) is 19.1 Å². The molecule has 0 fully saturated rings. The molecule has 0 saturated carbocycles. The fourth-order valence-electron chi connectivity index (χ4n) is 4.02. The first-order valence-corrected chi connectivity index (χ1v) is 11.3. The van der Waals surface area contributed by atoms with E-state index in [1.54, 1.807) is 25.1 Å². The number of nitrogens with zero attached hydrogens (tertiary/aromatic N) is 2. The number of ketones is 1. The molecule has 4 rings (SSSR count). The van der Waals surface area contributed by atoms with Gasteiger partial charge in [-0.05, 0) is 49.8 Å². The lowest BCUT2D eigenvalue weighted by atomic mass is 9.96. The van der Waals surface area contributed by atoms with Crippen LogP contribution in [0.2, 0.25) is 0 Å². The third kappa shape index (κ3) is 3.89. The van der Waals surface area contributed by atoms with Gasteiger partial charge in [-0.3, -0.25) is 24.1 Å². The second-order valence-electron chi connectivity index (χ2n) is 7.64. The summed E-state index contributed by atoms with van der Waals surface area (Å²) in [4.78, 5) is 51.8. The Labute approximate surface area is 188 Å². The quantitative estimate of drug-likeness (QED) is 0.533. The van der Waals surface area contributed by atoms with Crippen molar-refractivity contribution in [3.8, 4) is 6.07 Å². The molecule has 1 aromatic heterocycles. The molecule has 1 N–H and O–H groups in total. The number of thiophene rings is 1. The van der Waals surface area contributed by atoms with Crippen molar-refractivity contribution in [2.75, 3.05) is 16.8 Å². The van der Waals surface area contributed by atoms with Gasteiger partial charge < -0.3 is 10.1 Å². The maximum absolute atomic E-state index is 12.8. The van der Waals surface area contributed by atoms with E-state index < -0.39 is 36.2 Å². The smallest absolute Gasteiger partial charge is 0.326 e. The van der Waals surface area contributed by atoms with Crippen molar-refractivity contribution >= 4 is 45.6 Å². The van der Waals surface area contributed by atoms with Gasteiger partial charge >= 0.3 is 5.97 Å². The number of ether oxygens (including phenoxy) is 1. The van der Waals surface area contributed by atoms with Gasteiger partial charge in [0.2, 0.25) is 0 Å². The molecule has 32 heavy (non-hydrogen) atoms. The van der Waals surface area contributed by atoms with Crippen molar-refractivity contribution in [1.82, 2.24) is 0 Å². The molecule has 2 aliphatic rings. The second-order valence-corrected chi connectivity index (χ2v) is 8.75. The SMILES string of the molecule is CC[C@H](OC(=O)CN1C(=O)C(=O)c2ccccc21)C(=O)Nc1sc2c(c1C#N)CCCC2. The van der Waals surface area contributed by atoms with Crippen LogP contribution in [0.1, 0.15) is 52.5 Å². The Balaban J connectivity index is 1.44. The fourth-order valence-corrected chi connectivity index (χ4v) is 5.26. The van der Waals surface area contributed by atoms with Gasteiger partial charge in [-0.15, -0.1) is 11.3 Å². The Kier molecular flexibility index (Phi) is 6.06. The van der Waals surface area contributed by atoms with Crippen LogP contribution in [0.3, 0.4) is 0 Å². The number of fused-ring (bicyclic) bond motifs is 2. The van der Waals surface area contributed by atoms with Crippen LogP contribution < -0.4 is 10.2 Å².